The average Bonchev–Trinajstić information content (AvgIpc) is 3.30. The minimum atomic E-state index is -0.451. The van der Waals surface area contributed by atoms with Gasteiger partial charge >= 0.3 is 5.97 Å². The van der Waals surface area contributed by atoms with Gasteiger partial charge in [0.15, 0.2) is 5.82 Å². The second-order valence-electron chi connectivity index (χ2n) is 5.88. The first-order valence-corrected chi connectivity index (χ1v) is 9.95. The molecule has 0 radical (unpaired) electrons. The Balaban J connectivity index is 1.90. The lowest BCUT2D eigenvalue weighted by molar-refractivity contribution is 0.0598. The second kappa shape index (κ2) is 7.09. The van der Waals surface area contributed by atoms with Crippen LogP contribution in [-0.4, -0.2) is 23.0 Å². The molecule has 0 bridgehead atoms. The first kappa shape index (κ1) is 17.6. The summed E-state index contributed by atoms with van der Waals surface area (Å²) >= 11 is 3.18. The molecular weight excluding hydrogens is 380 g/mol. The van der Waals surface area contributed by atoms with Crippen LogP contribution in [0.2, 0.25) is 0 Å². The van der Waals surface area contributed by atoms with E-state index in [-0.39, 0.29) is 0 Å². The highest BCUT2D eigenvalue weighted by molar-refractivity contribution is 7.18. The molecule has 0 N–H and O–H groups in total. The Morgan fingerprint density at radius 3 is 2.63 bits per heavy atom. The van der Waals surface area contributed by atoms with Crippen LogP contribution in [0, 0.1) is 13.8 Å². The average molecular weight is 396 g/mol. The summed E-state index contributed by atoms with van der Waals surface area (Å²) in [5.41, 5.74) is 1.44. The molecule has 0 fully saturated rings. The fourth-order valence-electron chi connectivity index (χ4n) is 2.74. The van der Waals surface area contributed by atoms with Crippen LogP contribution in [0.1, 0.15) is 20.8 Å². The van der Waals surface area contributed by atoms with Gasteiger partial charge in [0.25, 0.3) is 0 Å². The number of thiophene rings is 2. The van der Waals surface area contributed by atoms with Crippen molar-refractivity contribution in [3.05, 3.63) is 57.8 Å². The van der Waals surface area contributed by atoms with Crippen molar-refractivity contribution in [1.82, 2.24) is 9.97 Å². The van der Waals surface area contributed by atoms with Gasteiger partial charge in [0.2, 0.25) is 5.88 Å². The van der Waals surface area contributed by atoms with Crippen LogP contribution in [0.3, 0.4) is 0 Å². The third-order valence-corrected chi connectivity index (χ3v) is 6.20. The molecule has 0 aliphatic carbocycles. The van der Waals surface area contributed by atoms with E-state index in [9.17, 15) is 4.79 Å². The molecule has 0 saturated carbocycles. The van der Waals surface area contributed by atoms with Crippen LogP contribution in [0.25, 0.3) is 20.9 Å². The van der Waals surface area contributed by atoms with Crippen LogP contribution in [0.4, 0.5) is 0 Å². The zero-order valence-corrected chi connectivity index (χ0v) is 16.6. The van der Waals surface area contributed by atoms with E-state index < -0.39 is 5.97 Å². The molecule has 27 heavy (non-hydrogen) atoms. The van der Waals surface area contributed by atoms with Gasteiger partial charge in [-0.1, -0.05) is 18.2 Å². The van der Waals surface area contributed by atoms with Crippen molar-refractivity contribution in [2.24, 2.45) is 0 Å². The highest BCUT2D eigenvalue weighted by atomic mass is 32.1. The number of esters is 1. The van der Waals surface area contributed by atoms with E-state index >= 15 is 0 Å². The molecule has 0 aliphatic heterocycles. The zero-order valence-electron chi connectivity index (χ0n) is 15.0. The predicted molar refractivity (Wildman–Crippen MR) is 108 cm³/mol. The van der Waals surface area contributed by atoms with Crippen LogP contribution >= 0.6 is 22.7 Å². The number of hydrogen-bond donors (Lipinski definition) is 0. The lowest BCUT2D eigenvalue weighted by atomic mass is 10.2. The molecule has 0 spiro atoms. The number of aromatic nitrogens is 2. The lowest BCUT2D eigenvalue weighted by Crippen LogP contribution is -2.04. The minimum absolute atomic E-state index is 0.356. The lowest BCUT2D eigenvalue weighted by Gasteiger charge is -2.11. The monoisotopic (exact) mass is 396 g/mol. The van der Waals surface area contributed by atoms with E-state index in [0.717, 1.165) is 25.5 Å². The van der Waals surface area contributed by atoms with Gasteiger partial charge in [-0.25, -0.2) is 9.78 Å². The van der Waals surface area contributed by atoms with Gasteiger partial charge in [-0.3, -0.25) is 0 Å². The Kier molecular flexibility index (Phi) is 4.63. The molecule has 0 saturated heterocycles. The van der Waals surface area contributed by atoms with Gasteiger partial charge < -0.3 is 9.47 Å². The summed E-state index contributed by atoms with van der Waals surface area (Å²) in [6.07, 6.45) is 0. The fourth-order valence-corrected chi connectivity index (χ4v) is 4.42. The van der Waals surface area contributed by atoms with Crippen molar-refractivity contribution in [1.29, 1.82) is 0 Å². The molecule has 0 amide bonds. The maximum absolute atomic E-state index is 12.1. The molecule has 0 atom stereocenters. The molecule has 4 aromatic rings. The minimum Gasteiger partial charge on any atom is -0.465 e. The van der Waals surface area contributed by atoms with Crippen LogP contribution in [0.15, 0.2) is 41.8 Å². The van der Waals surface area contributed by atoms with Gasteiger partial charge in [0.1, 0.15) is 16.1 Å². The molecule has 3 aromatic heterocycles. The molecule has 136 valence electrons. The van der Waals surface area contributed by atoms with Crippen molar-refractivity contribution in [2.45, 2.75) is 13.8 Å². The molecule has 1 aromatic carbocycles. The Morgan fingerprint density at radius 1 is 1.07 bits per heavy atom. The number of nitrogens with zero attached hydrogens (tertiary/aromatic N) is 2. The maximum Gasteiger partial charge on any atom is 0.341 e. The van der Waals surface area contributed by atoms with Gasteiger partial charge in [-0.2, -0.15) is 4.98 Å². The van der Waals surface area contributed by atoms with Crippen molar-refractivity contribution in [3.63, 3.8) is 0 Å². The van der Waals surface area contributed by atoms with Crippen molar-refractivity contribution < 1.29 is 14.3 Å². The van der Waals surface area contributed by atoms with E-state index in [4.69, 9.17) is 14.5 Å². The Morgan fingerprint density at radius 2 is 1.89 bits per heavy atom. The molecule has 3 heterocycles. The number of ether oxygens (including phenoxy) is 2. The molecule has 0 aliphatic rings. The molecule has 0 unspecified atom stereocenters. The van der Waals surface area contributed by atoms with Crippen LogP contribution < -0.4 is 4.74 Å². The SMILES string of the molecule is COC(=O)c1ccccc1Oc1nc(-c2cccs2)nc2sc(C)c(C)c12. The smallest absolute Gasteiger partial charge is 0.341 e. The topological polar surface area (TPSA) is 61.3 Å². The summed E-state index contributed by atoms with van der Waals surface area (Å²) in [6.45, 7) is 4.08. The van der Waals surface area contributed by atoms with Gasteiger partial charge in [-0.05, 0) is 43.0 Å². The summed E-state index contributed by atoms with van der Waals surface area (Å²) in [4.78, 5) is 24.5. The Hall–Kier alpha value is -2.77. The number of fused-ring (bicyclic) bond motifs is 1. The van der Waals surface area contributed by atoms with Gasteiger partial charge in [0.05, 0.1) is 17.4 Å². The summed E-state index contributed by atoms with van der Waals surface area (Å²) in [5.74, 6) is 1.02. The largest absolute Gasteiger partial charge is 0.465 e. The van der Waals surface area contributed by atoms with E-state index in [1.807, 2.05) is 30.5 Å². The second-order valence-corrected chi connectivity index (χ2v) is 8.03. The van der Waals surface area contributed by atoms with Crippen molar-refractivity contribution in [3.8, 4) is 22.3 Å². The van der Waals surface area contributed by atoms with Gasteiger partial charge in [-0.15, -0.1) is 22.7 Å². The fraction of sp³-hybridized carbons (Fsp3) is 0.150. The Bertz CT molecular complexity index is 1130. The summed E-state index contributed by atoms with van der Waals surface area (Å²) in [6, 6.07) is 10.9. The van der Waals surface area contributed by atoms with Crippen LogP contribution in [0.5, 0.6) is 11.6 Å². The van der Waals surface area contributed by atoms with Crippen LogP contribution in [-0.2, 0) is 4.74 Å². The molecule has 5 nitrogen and oxygen atoms in total. The quantitative estimate of drug-likeness (QED) is 0.419. The number of methoxy groups -OCH3 is 1. The third-order valence-electron chi connectivity index (χ3n) is 4.24. The number of carbonyl (C=O) groups excluding carboxylic acids is 1. The molecular formula is C20H16N2O3S2. The van der Waals surface area contributed by atoms with Crippen molar-refractivity contribution >= 4 is 38.9 Å². The number of aryl methyl sites for hydroxylation is 2. The molecule has 7 heteroatoms. The predicted octanol–water partition coefficient (Wildman–Crippen LogP) is 5.62. The van der Waals surface area contributed by atoms with E-state index in [1.54, 1.807) is 40.9 Å². The number of hydrogen-bond acceptors (Lipinski definition) is 7. The Labute approximate surface area is 164 Å². The number of benzene rings is 1. The maximum atomic E-state index is 12.1. The van der Waals surface area contributed by atoms with Crippen molar-refractivity contribution in [2.75, 3.05) is 7.11 Å². The molecule has 4 rings (SSSR count). The van der Waals surface area contributed by atoms with E-state index in [2.05, 4.69) is 11.9 Å². The standard InChI is InChI=1S/C20H16N2O3S2/c1-11-12(2)27-19-16(11)18(21-17(22-19)15-9-6-10-26-15)25-14-8-5-4-7-13(14)20(23)24-3/h4-10H,1-3H3. The van der Waals surface area contributed by atoms with E-state index in [0.29, 0.717) is 23.0 Å². The first-order chi connectivity index (χ1) is 13.1. The number of carbonyl (C=O) groups is 1. The number of rotatable bonds is 4. The highest BCUT2D eigenvalue weighted by Gasteiger charge is 2.20. The van der Waals surface area contributed by atoms with E-state index in [1.165, 1.54) is 7.11 Å². The highest BCUT2D eigenvalue weighted by Crippen LogP contribution is 2.39. The summed E-state index contributed by atoms with van der Waals surface area (Å²) < 4.78 is 11.0. The third kappa shape index (κ3) is 3.20. The summed E-state index contributed by atoms with van der Waals surface area (Å²) in [7, 11) is 1.35. The summed E-state index contributed by atoms with van der Waals surface area (Å²) in [5, 5.41) is 2.86. The first-order valence-electron chi connectivity index (χ1n) is 8.25. The normalized spacial score (nSPS) is 10.9. The van der Waals surface area contributed by atoms with Gasteiger partial charge in [0, 0.05) is 4.88 Å². The number of para-hydroxylation sites is 1. The zero-order chi connectivity index (χ0) is 19.0.